The normalized spacial score (nSPS) is 21.2. The van der Waals surface area contributed by atoms with Crippen molar-refractivity contribution in [1.82, 2.24) is 9.21 Å². The van der Waals surface area contributed by atoms with Crippen LogP contribution in [0.4, 0.5) is 0 Å². The lowest BCUT2D eigenvalue weighted by Gasteiger charge is -2.53. The number of morpholine rings is 1. The van der Waals surface area contributed by atoms with E-state index in [1.807, 2.05) is 0 Å². The van der Waals surface area contributed by atoms with Gasteiger partial charge in [-0.15, -0.1) is 0 Å². The molecule has 0 saturated carbocycles. The lowest BCUT2D eigenvalue weighted by molar-refractivity contribution is -0.181. The number of thiol groups is 1. The van der Waals surface area contributed by atoms with Gasteiger partial charge in [-0.2, -0.15) is 16.9 Å². The zero-order valence-electron chi connectivity index (χ0n) is 12.3. The third kappa shape index (κ3) is 3.39. The maximum absolute atomic E-state index is 12.8. The number of rotatable bonds is 3. The molecule has 1 aromatic rings. The number of hydrogen-bond acceptors (Lipinski definition) is 5. The predicted octanol–water partition coefficient (Wildman–Crippen LogP) is 0.823. The summed E-state index contributed by atoms with van der Waals surface area (Å²) in [7, 11) is -3.54. The fourth-order valence-corrected chi connectivity index (χ4v) is 4.95. The van der Waals surface area contributed by atoms with Gasteiger partial charge in [-0.25, -0.2) is 8.42 Å². The van der Waals surface area contributed by atoms with Gasteiger partial charge in [0, 0.05) is 16.7 Å². The van der Waals surface area contributed by atoms with Crippen LogP contribution in [0.3, 0.4) is 0 Å². The van der Waals surface area contributed by atoms with Crippen LogP contribution in [0.1, 0.15) is 0 Å². The van der Waals surface area contributed by atoms with E-state index < -0.39 is 15.6 Å². The summed E-state index contributed by atoms with van der Waals surface area (Å²) in [5.74, 6) is 0.0981. The van der Waals surface area contributed by atoms with Crippen molar-refractivity contribution >= 4 is 51.2 Å². The summed E-state index contributed by atoms with van der Waals surface area (Å²) in [4.78, 5) is 13.5. The molecule has 0 unspecified atom stereocenters. The molecule has 2 saturated heterocycles. The fourth-order valence-electron chi connectivity index (χ4n) is 2.89. The molecule has 3 rings (SSSR count). The second kappa shape index (κ2) is 6.51. The Bertz CT molecular complexity index is 702. The minimum atomic E-state index is -3.54. The number of hydrogen-bond donors (Lipinski definition) is 1. The Morgan fingerprint density at radius 3 is 2.52 bits per heavy atom. The highest BCUT2D eigenvalue weighted by molar-refractivity contribution is 14.1. The number of ether oxygens (including phenoxy) is 1. The third-order valence-electron chi connectivity index (χ3n) is 4.11. The van der Waals surface area contributed by atoms with Gasteiger partial charge >= 0.3 is 0 Å². The maximum atomic E-state index is 12.8. The van der Waals surface area contributed by atoms with Crippen molar-refractivity contribution in [2.45, 2.75) is 10.5 Å². The number of carbonyl (C=O) groups excluding carboxylic acids is 1. The molecular formula is C14H17IN2O4S2. The average Bonchev–Trinajstić information content (AvgIpc) is 2.52. The van der Waals surface area contributed by atoms with Crippen LogP contribution in [0.5, 0.6) is 0 Å². The minimum Gasteiger partial charge on any atom is -0.369 e. The van der Waals surface area contributed by atoms with Crippen molar-refractivity contribution in [2.24, 2.45) is 0 Å². The summed E-state index contributed by atoms with van der Waals surface area (Å²) in [6.45, 7) is 1.79. The van der Waals surface area contributed by atoms with E-state index in [0.717, 1.165) is 3.57 Å². The second-order valence-electron chi connectivity index (χ2n) is 5.73. The van der Waals surface area contributed by atoms with Gasteiger partial charge in [0.1, 0.15) is 5.60 Å². The minimum absolute atomic E-state index is 0.0554. The van der Waals surface area contributed by atoms with Crippen LogP contribution in [-0.2, 0) is 19.6 Å². The van der Waals surface area contributed by atoms with Gasteiger partial charge in [0.15, 0.2) is 0 Å². The summed E-state index contributed by atoms with van der Waals surface area (Å²) in [6, 6.07) is 6.80. The molecule has 2 heterocycles. The summed E-state index contributed by atoms with van der Waals surface area (Å²) in [6.07, 6.45) is 0. The first-order chi connectivity index (χ1) is 10.9. The van der Waals surface area contributed by atoms with E-state index in [0.29, 0.717) is 26.2 Å². The lowest BCUT2D eigenvalue weighted by atomic mass is 9.92. The number of carbonyl (C=O) groups is 1. The first-order valence-corrected chi connectivity index (χ1v) is 10.3. The van der Waals surface area contributed by atoms with E-state index in [1.54, 1.807) is 29.2 Å². The molecule has 0 atom stereocenters. The van der Waals surface area contributed by atoms with Crippen LogP contribution in [0.25, 0.3) is 0 Å². The summed E-state index contributed by atoms with van der Waals surface area (Å²) in [5, 5.41) is 0. The van der Waals surface area contributed by atoms with Crippen molar-refractivity contribution < 1.29 is 17.9 Å². The Morgan fingerprint density at radius 2 is 1.91 bits per heavy atom. The molecule has 0 N–H and O–H groups in total. The van der Waals surface area contributed by atoms with E-state index in [-0.39, 0.29) is 23.1 Å². The summed E-state index contributed by atoms with van der Waals surface area (Å²) < 4.78 is 33.8. The van der Waals surface area contributed by atoms with Gasteiger partial charge in [-0.05, 0) is 46.9 Å². The Morgan fingerprint density at radius 1 is 1.26 bits per heavy atom. The van der Waals surface area contributed by atoms with Crippen molar-refractivity contribution in [3.05, 3.63) is 27.8 Å². The SMILES string of the molecule is O=C(CS)N1CC2(C1)CN(S(=O)(=O)c1ccc(I)cc1)CCO2. The third-order valence-corrected chi connectivity index (χ3v) is 6.96. The molecule has 1 spiro atoms. The van der Waals surface area contributed by atoms with Gasteiger partial charge < -0.3 is 9.64 Å². The van der Waals surface area contributed by atoms with E-state index in [4.69, 9.17) is 4.74 Å². The fraction of sp³-hybridized carbons (Fsp3) is 0.500. The molecule has 2 fully saturated rings. The summed E-state index contributed by atoms with van der Waals surface area (Å²) >= 11 is 6.12. The van der Waals surface area contributed by atoms with E-state index in [2.05, 4.69) is 35.2 Å². The Balaban J connectivity index is 1.74. The second-order valence-corrected chi connectivity index (χ2v) is 9.23. The van der Waals surface area contributed by atoms with Gasteiger partial charge in [-0.3, -0.25) is 4.79 Å². The predicted molar refractivity (Wildman–Crippen MR) is 97.0 cm³/mol. The van der Waals surface area contributed by atoms with Crippen molar-refractivity contribution in [2.75, 3.05) is 38.5 Å². The molecule has 0 radical (unpaired) electrons. The Hall–Kier alpha value is -0.360. The van der Waals surface area contributed by atoms with Crippen molar-refractivity contribution in [1.29, 1.82) is 0 Å². The molecule has 0 bridgehead atoms. The summed E-state index contributed by atoms with van der Waals surface area (Å²) in [5.41, 5.74) is -0.576. The van der Waals surface area contributed by atoms with Crippen molar-refractivity contribution in [3.8, 4) is 0 Å². The topological polar surface area (TPSA) is 66.9 Å². The number of sulfonamides is 1. The van der Waals surface area contributed by atoms with Crippen LogP contribution >= 0.6 is 35.2 Å². The zero-order valence-corrected chi connectivity index (χ0v) is 16.2. The maximum Gasteiger partial charge on any atom is 0.243 e. The smallest absolute Gasteiger partial charge is 0.243 e. The molecule has 2 aliphatic heterocycles. The molecule has 1 amide bonds. The number of nitrogens with zero attached hydrogens (tertiary/aromatic N) is 2. The quantitative estimate of drug-likeness (QED) is 0.527. The van der Waals surface area contributed by atoms with Gasteiger partial charge in [-0.1, -0.05) is 0 Å². The standard InChI is InChI=1S/C14H17IN2O4S2/c15-11-1-3-12(4-2-11)23(19,20)17-5-6-21-14(10-17)8-16(9-14)13(18)7-22/h1-4,22H,5-10H2. The largest absolute Gasteiger partial charge is 0.369 e. The molecule has 1 aromatic carbocycles. The number of halogens is 1. The highest BCUT2D eigenvalue weighted by atomic mass is 127. The van der Waals surface area contributed by atoms with Crippen LogP contribution in [-0.4, -0.2) is 67.7 Å². The number of amides is 1. The molecule has 2 aliphatic rings. The van der Waals surface area contributed by atoms with Gasteiger partial charge in [0.2, 0.25) is 15.9 Å². The number of benzene rings is 1. The molecule has 0 aromatic heterocycles. The Kier molecular flexibility index (Phi) is 4.94. The van der Waals surface area contributed by atoms with Gasteiger partial charge in [0.25, 0.3) is 0 Å². The van der Waals surface area contributed by atoms with Crippen molar-refractivity contribution in [3.63, 3.8) is 0 Å². The van der Waals surface area contributed by atoms with Gasteiger partial charge in [0.05, 0.1) is 30.3 Å². The highest BCUT2D eigenvalue weighted by Gasteiger charge is 2.50. The molecule has 126 valence electrons. The Labute approximate surface area is 154 Å². The van der Waals surface area contributed by atoms with E-state index in [9.17, 15) is 13.2 Å². The molecule has 6 nitrogen and oxygen atoms in total. The zero-order chi connectivity index (χ0) is 16.7. The molecule has 9 heteroatoms. The monoisotopic (exact) mass is 468 g/mol. The lowest BCUT2D eigenvalue weighted by Crippen LogP contribution is -2.71. The molecule has 0 aliphatic carbocycles. The van der Waals surface area contributed by atoms with Crippen LogP contribution < -0.4 is 0 Å². The molecule has 23 heavy (non-hydrogen) atoms. The molecular weight excluding hydrogens is 451 g/mol. The first kappa shape index (κ1) is 17.5. The number of likely N-dealkylation sites (tertiary alicyclic amines) is 1. The van der Waals surface area contributed by atoms with E-state index in [1.165, 1.54) is 4.31 Å². The van der Waals surface area contributed by atoms with Crippen LogP contribution in [0, 0.1) is 3.57 Å². The first-order valence-electron chi connectivity index (χ1n) is 7.15. The van der Waals surface area contributed by atoms with E-state index >= 15 is 0 Å². The van der Waals surface area contributed by atoms with Crippen LogP contribution in [0.2, 0.25) is 0 Å². The average molecular weight is 468 g/mol. The van der Waals surface area contributed by atoms with Crippen LogP contribution in [0.15, 0.2) is 29.2 Å². The highest BCUT2D eigenvalue weighted by Crippen LogP contribution is 2.32.